The molecule has 2 N–H and O–H groups in total. The van der Waals surface area contributed by atoms with Crippen LogP contribution in [0.3, 0.4) is 0 Å². The van der Waals surface area contributed by atoms with Gasteiger partial charge < -0.3 is 19.7 Å². The number of aromatic nitrogens is 5. The number of hydrogen-bond acceptors (Lipinski definition) is 7. The van der Waals surface area contributed by atoms with E-state index in [9.17, 15) is 26.3 Å². The summed E-state index contributed by atoms with van der Waals surface area (Å²) in [5.74, 6) is -3.33. The zero-order valence-corrected chi connectivity index (χ0v) is 20.5. The quantitative estimate of drug-likeness (QED) is 0.449. The van der Waals surface area contributed by atoms with E-state index in [4.69, 9.17) is 19.8 Å². The molecule has 17 heteroatoms. The largest absolute Gasteiger partial charge is 0.490 e. The van der Waals surface area contributed by atoms with Crippen LogP contribution in [-0.2, 0) is 36.3 Å². The molecule has 0 fully saturated rings. The van der Waals surface area contributed by atoms with Crippen molar-refractivity contribution in [3.63, 3.8) is 0 Å². The summed E-state index contributed by atoms with van der Waals surface area (Å²) >= 11 is 0. The van der Waals surface area contributed by atoms with Crippen molar-refractivity contribution in [3.05, 3.63) is 60.6 Å². The van der Waals surface area contributed by atoms with E-state index >= 15 is 0 Å². The summed E-state index contributed by atoms with van der Waals surface area (Å²) in [6.07, 6.45) is -0.597. The fraction of sp³-hybridized carbons (Fsp3) is 0.409. The van der Waals surface area contributed by atoms with Gasteiger partial charge in [0.25, 0.3) is 0 Å². The Morgan fingerprint density at radius 1 is 0.897 bits per heavy atom. The fourth-order valence-electron chi connectivity index (χ4n) is 3.28. The van der Waals surface area contributed by atoms with Crippen LogP contribution in [-0.4, -0.2) is 83.4 Å². The predicted octanol–water partition coefficient (Wildman–Crippen LogP) is 2.80. The maximum atomic E-state index is 10.6. The Morgan fingerprint density at radius 2 is 1.54 bits per heavy atom. The maximum Gasteiger partial charge on any atom is 0.490 e. The molecule has 4 rings (SSSR count). The number of aryl methyl sites for hydroxylation is 1. The lowest BCUT2D eigenvalue weighted by atomic mass is 10.2. The number of carboxylic acids is 2. The topological polar surface area (TPSA) is 130 Å². The van der Waals surface area contributed by atoms with Gasteiger partial charge in [-0.1, -0.05) is 6.07 Å². The molecule has 214 valence electrons. The van der Waals surface area contributed by atoms with E-state index in [-0.39, 0.29) is 0 Å². The summed E-state index contributed by atoms with van der Waals surface area (Å²) < 4.78 is 67.5. The molecule has 0 bridgehead atoms. The monoisotopic (exact) mass is 565 g/mol. The summed E-state index contributed by atoms with van der Waals surface area (Å²) in [5.41, 5.74) is 1.27. The predicted molar refractivity (Wildman–Crippen MR) is 123 cm³/mol. The van der Waals surface area contributed by atoms with Gasteiger partial charge in [-0.25, -0.2) is 19.6 Å². The van der Waals surface area contributed by atoms with E-state index in [2.05, 4.69) is 35.5 Å². The Bertz CT molecular complexity index is 1170. The number of alkyl halides is 6. The number of halogens is 6. The number of anilines is 1. The minimum atomic E-state index is -5.08. The van der Waals surface area contributed by atoms with Gasteiger partial charge in [0.1, 0.15) is 11.6 Å². The van der Waals surface area contributed by atoms with Crippen LogP contribution in [0, 0.1) is 0 Å². The summed E-state index contributed by atoms with van der Waals surface area (Å²) in [4.78, 5) is 31.7. The third kappa shape index (κ3) is 10.3. The zero-order chi connectivity index (χ0) is 29.2. The summed E-state index contributed by atoms with van der Waals surface area (Å²) in [7, 11) is 2.05. The summed E-state index contributed by atoms with van der Waals surface area (Å²) in [6, 6.07) is 6.16. The molecule has 0 aromatic carbocycles. The Morgan fingerprint density at radius 3 is 2.05 bits per heavy atom. The van der Waals surface area contributed by atoms with Crippen LogP contribution in [0.25, 0.3) is 0 Å². The minimum Gasteiger partial charge on any atom is -0.475 e. The third-order valence-corrected chi connectivity index (χ3v) is 5.18. The number of nitrogens with zero attached hydrogens (tertiary/aromatic N) is 7. The second-order valence-corrected chi connectivity index (χ2v) is 8.01. The molecule has 0 atom stereocenters. The smallest absolute Gasteiger partial charge is 0.475 e. The number of aliphatic carboxylic acids is 2. The molecule has 0 saturated carbocycles. The van der Waals surface area contributed by atoms with Gasteiger partial charge in [-0.15, -0.1) is 0 Å². The first kappa shape index (κ1) is 31.1. The normalized spacial score (nSPS) is 13.8. The molecular weight excluding hydrogens is 540 g/mol. The molecule has 1 aliphatic rings. The molecule has 0 saturated heterocycles. The first-order chi connectivity index (χ1) is 18.2. The number of pyridine rings is 1. The van der Waals surface area contributed by atoms with Gasteiger partial charge in [0.2, 0.25) is 0 Å². The summed E-state index contributed by atoms with van der Waals surface area (Å²) in [6.45, 7) is 5.46. The average molecular weight is 565 g/mol. The van der Waals surface area contributed by atoms with Gasteiger partial charge in [-0.05, 0) is 12.1 Å². The van der Waals surface area contributed by atoms with Crippen molar-refractivity contribution in [2.45, 2.75) is 32.0 Å². The van der Waals surface area contributed by atoms with Gasteiger partial charge >= 0.3 is 24.3 Å². The van der Waals surface area contributed by atoms with Crippen molar-refractivity contribution in [2.24, 2.45) is 7.05 Å². The Labute approximate surface area is 217 Å². The van der Waals surface area contributed by atoms with E-state index in [0.29, 0.717) is 0 Å². The molecule has 0 aliphatic carbocycles. The SMILES string of the molecule is Cn1ccnc1CN1CCN(CCn2cccn2)c2ncccc2C1.O=C(O)C(F)(F)F.O=C(O)C(F)(F)F. The van der Waals surface area contributed by atoms with Gasteiger partial charge in [-0.3, -0.25) is 9.58 Å². The van der Waals surface area contributed by atoms with Crippen molar-refractivity contribution in [1.82, 2.24) is 29.2 Å². The fourth-order valence-corrected chi connectivity index (χ4v) is 3.28. The highest BCUT2D eigenvalue weighted by molar-refractivity contribution is 5.73. The Balaban J connectivity index is 0.000000317. The second-order valence-electron chi connectivity index (χ2n) is 8.01. The maximum absolute atomic E-state index is 10.6. The average Bonchev–Trinajstić information content (AvgIpc) is 3.47. The van der Waals surface area contributed by atoms with E-state index < -0.39 is 24.3 Å². The number of carboxylic acid groups (broad SMARTS) is 2. The molecule has 0 unspecified atom stereocenters. The lowest BCUT2D eigenvalue weighted by Crippen LogP contribution is -2.34. The van der Waals surface area contributed by atoms with Crippen molar-refractivity contribution in [3.8, 4) is 0 Å². The lowest BCUT2D eigenvalue weighted by Gasteiger charge is -2.23. The molecule has 11 nitrogen and oxygen atoms in total. The first-order valence-electron chi connectivity index (χ1n) is 11.1. The molecule has 0 amide bonds. The van der Waals surface area contributed by atoms with Crippen LogP contribution in [0.5, 0.6) is 0 Å². The third-order valence-electron chi connectivity index (χ3n) is 5.18. The number of hydrogen-bond donors (Lipinski definition) is 2. The van der Waals surface area contributed by atoms with Crippen LogP contribution in [0.4, 0.5) is 32.2 Å². The molecule has 1 aliphatic heterocycles. The van der Waals surface area contributed by atoms with Crippen molar-refractivity contribution < 1.29 is 46.1 Å². The van der Waals surface area contributed by atoms with Gasteiger partial charge in [0.05, 0.1) is 13.1 Å². The minimum absolute atomic E-state index is 0.852. The standard InChI is InChI=1S/C18H23N7.2C2HF3O2/c1-22-9-7-19-17(22)15-23-10-11-24(12-13-25-8-3-6-21-25)18-16(14-23)4-2-5-20-18;2*3-2(4,5)1(6)7/h2-9H,10-15H2,1H3;2*(H,6,7). The number of fused-ring (bicyclic) bond motifs is 1. The van der Waals surface area contributed by atoms with E-state index in [0.717, 1.165) is 50.9 Å². The molecule has 3 aromatic heterocycles. The molecule has 39 heavy (non-hydrogen) atoms. The van der Waals surface area contributed by atoms with Crippen molar-refractivity contribution >= 4 is 17.8 Å². The number of imidazole rings is 1. The van der Waals surface area contributed by atoms with Crippen molar-refractivity contribution in [2.75, 3.05) is 24.5 Å². The highest BCUT2D eigenvalue weighted by Gasteiger charge is 2.38. The molecule has 0 radical (unpaired) electrons. The Kier molecular flexibility index (Phi) is 10.8. The van der Waals surface area contributed by atoms with Gasteiger partial charge in [-0.2, -0.15) is 31.4 Å². The second kappa shape index (κ2) is 13.6. The van der Waals surface area contributed by atoms with Crippen molar-refractivity contribution in [1.29, 1.82) is 0 Å². The van der Waals surface area contributed by atoms with Crippen LogP contribution >= 0.6 is 0 Å². The van der Waals surface area contributed by atoms with E-state index in [1.54, 1.807) is 0 Å². The Hall–Kier alpha value is -4.15. The van der Waals surface area contributed by atoms with Crippen LogP contribution in [0.2, 0.25) is 0 Å². The van der Waals surface area contributed by atoms with Gasteiger partial charge in [0, 0.05) is 69.8 Å². The first-order valence-corrected chi connectivity index (χ1v) is 11.1. The molecule has 0 spiro atoms. The molecular formula is C22H25F6N7O4. The van der Waals surface area contributed by atoms with Crippen LogP contribution < -0.4 is 4.90 Å². The highest BCUT2D eigenvalue weighted by atomic mass is 19.4. The molecule has 3 aromatic rings. The number of rotatable bonds is 5. The lowest BCUT2D eigenvalue weighted by molar-refractivity contribution is -0.193. The van der Waals surface area contributed by atoms with Crippen LogP contribution in [0.15, 0.2) is 49.2 Å². The highest BCUT2D eigenvalue weighted by Crippen LogP contribution is 2.23. The zero-order valence-electron chi connectivity index (χ0n) is 20.5. The number of carbonyl (C=O) groups is 2. The summed E-state index contributed by atoms with van der Waals surface area (Å²) in [5, 5.41) is 18.6. The van der Waals surface area contributed by atoms with E-state index in [1.807, 2.05) is 54.8 Å². The molecule has 4 heterocycles. The van der Waals surface area contributed by atoms with Crippen LogP contribution in [0.1, 0.15) is 11.4 Å². The van der Waals surface area contributed by atoms with E-state index in [1.165, 1.54) is 5.56 Å². The van der Waals surface area contributed by atoms with Gasteiger partial charge in [0.15, 0.2) is 0 Å².